The van der Waals surface area contributed by atoms with Gasteiger partial charge in [-0.1, -0.05) is 18.2 Å². The van der Waals surface area contributed by atoms with Crippen LogP contribution in [0, 0.1) is 0 Å². The van der Waals surface area contributed by atoms with Crippen molar-refractivity contribution in [3.8, 4) is 5.75 Å². The fourth-order valence-electron chi connectivity index (χ4n) is 2.53. The van der Waals surface area contributed by atoms with Crippen molar-refractivity contribution >= 4 is 21.6 Å². The number of nitrogens with zero attached hydrogens (tertiary/aromatic N) is 2. The third-order valence-corrected chi connectivity index (χ3v) is 5.77. The molecule has 2 aromatic rings. The van der Waals surface area contributed by atoms with E-state index in [2.05, 4.69) is 10.5 Å². The van der Waals surface area contributed by atoms with E-state index in [4.69, 9.17) is 4.74 Å². The van der Waals surface area contributed by atoms with Crippen LogP contribution in [0.4, 0.5) is 0 Å². The van der Waals surface area contributed by atoms with E-state index in [-0.39, 0.29) is 10.5 Å². The maximum Gasteiger partial charge on any atom is 0.271 e. The predicted molar refractivity (Wildman–Crippen MR) is 97.9 cm³/mol. The van der Waals surface area contributed by atoms with Crippen LogP contribution in [0.25, 0.3) is 0 Å². The summed E-state index contributed by atoms with van der Waals surface area (Å²) in [5.41, 5.74) is 4.28. The zero-order valence-electron chi connectivity index (χ0n) is 14.5. The summed E-state index contributed by atoms with van der Waals surface area (Å²) >= 11 is 0. The zero-order chi connectivity index (χ0) is 18.7. The van der Waals surface area contributed by atoms with Crippen LogP contribution in [0.3, 0.4) is 0 Å². The van der Waals surface area contributed by atoms with E-state index in [1.807, 2.05) is 24.3 Å². The number of ether oxygens (including phenoxy) is 1. The van der Waals surface area contributed by atoms with Gasteiger partial charge in [0.2, 0.25) is 10.0 Å². The molecule has 0 aromatic heterocycles. The Hall–Kier alpha value is -2.71. The molecule has 1 amide bonds. The summed E-state index contributed by atoms with van der Waals surface area (Å²) in [4.78, 5) is 12.4. The molecule has 8 heteroatoms. The van der Waals surface area contributed by atoms with Gasteiger partial charge in [-0.15, -0.1) is 0 Å². The lowest BCUT2D eigenvalue weighted by Gasteiger charge is -2.18. The quantitative estimate of drug-likeness (QED) is 0.829. The molecular weight excluding hydrogens is 354 g/mol. The maximum absolute atomic E-state index is 12.4. The highest BCUT2D eigenvalue weighted by molar-refractivity contribution is 7.89. The second kappa shape index (κ2) is 7.27. The molecule has 0 aliphatic carbocycles. The molecule has 0 unspecified atom stereocenters. The number of hydrazone groups is 1. The molecule has 7 nitrogen and oxygen atoms in total. The number of fused-ring (bicyclic) bond motifs is 1. The molecule has 2 aromatic carbocycles. The average Bonchev–Trinajstić information content (AvgIpc) is 2.66. The smallest absolute Gasteiger partial charge is 0.271 e. The van der Waals surface area contributed by atoms with Crippen molar-refractivity contribution in [3.63, 3.8) is 0 Å². The number of carbonyl (C=O) groups is 1. The molecule has 0 bridgehead atoms. The lowest BCUT2D eigenvalue weighted by Crippen LogP contribution is -2.25. The third-order valence-electron chi connectivity index (χ3n) is 3.96. The molecule has 136 valence electrons. The van der Waals surface area contributed by atoms with Crippen LogP contribution in [-0.4, -0.2) is 45.0 Å². The Kier molecular flexibility index (Phi) is 5.06. The number of hydrogen-bond acceptors (Lipinski definition) is 5. The first-order valence-corrected chi connectivity index (χ1v) is 9.45. The summed E-state index contributed by atoms with van der Waals surface area (Å²) in [5, 5.41) is 4.21. The number of sulfonamides is 1. The van der Waals surface area contributed by atoms with E-state index < -0.39 is 15.9 Å². The first kappa shape index (κ1) is 18.1. The molecule has 1 aliphatic rings. The summed E-state index contributed by atoms with van der Waals surface area (Å²) in [6, 6.07) is 13.3. The van der Waals surface area contributed by atoms with Gasteiger partial charge in [0.05, 0.1) is 17.2 Å². The van der Waals surface area contributed by atoms with Gasteiger partial charge in [0.25, 0.3) is 5.91 Å². The third kappa shape index (κ3) is 3.61. The van der Waals surface area contributed by atoms with Crippen molar-refractivity contribution in [3.05, 3.63) is 59.7 Å². The Morgan fingerprint density at radius 3 is 2.69 bits per heavy atom. The largest absolute Gasteiger partial charge is 0.492 e. The van der Waals surface area contributed by atoms with E-state index >= 15 is 0 Å². The molecule has 0 saturated carbocycles. The number of hydrogen-bond donors (Lipinski definition) is 1. The Bertz CT molecular complexity index is 968. The molecule has 26 heavy (non-hydrogen) atoms. The Balaban J connectivity index is 1.82. The van der Waals surface area contributed by atoms with E-state index in [0.29, 0.717) is 13.0 Å². The lowest BCUT2D eigenvalue weighted by atomic mass is 10.0. The Morgan fingerprint density at radius 2 is 1.92 bits per heavy atom. The molecule has 0 fully saturated rings. The second-order valence-corrected chi connectivity index (χ2v) is 8.06. The van der Waals surface area contributed by atoms with Crippen LogP contribution < -0.4 is 10.2 Å². The summed E-state index contributed by atoms with van der Waals surface area (Å²) in [7, 11) is -0.725. The number of para-hydroxylation sites is 1. The second-order valence-electron chi connectivity index (χ2n) is 5.91. The van der Waals surface area contributed by atoms with Crippen molar-refractivity contribution in [2.45, 2.75) is 11.3 Å². The number of amides is 1. The van der Waals surface area contributed by atoms with Gasteiger partial charge in [-0.05, 0) is 30.3 Å². The number of rotatable bonds is 4. The van der Waals surface area contributed by atoms with Gasteiger partial charge in [-0.2, -0.15) is 5.10 Å². The molecular formula is C18H19N3O4S. The van der Waals surface area contributed by atoms with Gasteiger partial charge in [0.1, 0.15) is 5.75 Å². The van der Waals surface area contributed by atoms with Crippen LogP contribution in [0.5, 0.6) is 5.75 Å². The van der Waals surface area contributed by atoms with Gasteiger partial charge < -0.3 is 4.74 Å². The molecule has 1 heterocycles. The van der Waals surface area contributed by atoms with E-state index in [0.717, 1.165) is 21.3 Å². The highest BCUT2D eigenvalue weighted by Gasteiger charge is 2.19. The van der Waals surface area contributed by atoms with E-state index in [1.165, 1.54) is 32.3 Å². The monoisotopic (exact) mass is 373 g/mol. The molecule has 1 aliphatic heterocycles. The van der Waals surface area contributed by atoms with Crippen molar-refractivity contribution in [2.75, 3.05) is 20.7 Å². The Labute approximate surface area is 152 Å². The predicted octanol–water partition coefficient (Wildman–Crippen LogP) is 1.85. The minimum Gasteiger partial charge on any atom is -0.492 e. The number of benzene rings is 2. The summed E-state index contributed by atoms with van der Waals surface area (Å²) in [6.45, 7) is 0.488. The molecule has 0 spiro atoms. The molecule has 3 rings (SSSR count). The lowest BCUT2D eigenvalue weighted by molar-refractivity contribution is 0.0954. The van der Waals surface area contributed by atoms with Gasteiger partial charge in [0.15, 0.2) is 0 Å². The molecule has 0 saturated heterocycles. The maximum atomic E-state index is 12.4. The summed E-state index contributed by atoms with van der Waals surface area (Å²) in [5.74, 6) is 0.253. The van der Waals surface area contributed by atoms with Crippen LogP contribution in [0.1, 0.15) is 22.3 Å². The minimum atomic E-state index is -3.61. The molecule has 0 atom stereocenters. The number of carbonyl (C=O) groups excluding carboxylic acids is 1. The normalized spacial score (nSPS) is 15.4. The van der Waals surface area contributed by atoms with Crippen molar-refractivity contribution in [1.29, 1.82) is 0 Å². The fraction of sp³-hybridized carbons (Fsp3) is 0.222. The van der Waals surface area contributed by atoms with Crippen LogP contribution in [0.2, 0.25) is 0 Å². The standard InChI is InChI=1S/C18H19N3O4S/c1-21(2)26(23,24)14-7-5-6-13(12-14)18(22)20-19-16-10-11-25-17-9-4-3-8-15(16)17/h3-9,12H,10-11H2,1-2H3,(H,20,22)/b19-16-. The minimum absolute atomic E-state index is 0.0548. The van der Waals surface area contributed by atoms with Crippen molar-refractivity contribution < 1.29 is 17.9 Å². The van der Waals surface area contributed by atoms with Gasteiger partial charge >= 0.3 is 0 Å². The van der Waals surface area contributed by atoms with Crippen molar-refractivity contribution in [1.82, 2.24) is 9.73 Å². The highest BCUT2D eigenvalue weighted by Crippen LogP contribution is 2.24. The zero-order valence-corrected chi connectivity index (χ0v) is 15.3. The van der Waals surface area contributed by atoms with Crippen LogP contribution >= 0.6 is 0 Å². The Morgan fingerprint density at radius 1 is 1.15 bits per heavy atom. The van der Waals surface area contributed by atoms with Crippen LogP contribution in [0.15, 0.2) is 58.5 Å². The topological polar surface area (TPSA) is 88.1 Å². The van der Waals surface area contributed by atoms with Gasteiger partial charge in [-0.25, -0.2) is 18.1 Å². The highest BCUT2D eigenvalue weighted by atomic mass is 32.2. The SMILES string of the molecule is CN(C)S(=O)(=O)c1cccc(C(=O)N/N=C2/CCOc3ccccc32)c1. The molecule has 0 radical (unpaired) electrons. The first-order valence-electron chi connectivity index (χ1n) is 8.01. The number of nitrogens with one attached hydrogen (secondary N) is 1. The first-order chi connectivity index (χ1) is 12.4. The molecule has 1 N–H and O–H groups in total. The summed E-state index contributed by atoms with van der Waals surface area (Å²) < 4.78 is 31.1. The fourth-order valence-corrected chi connectivity index (χ4v) is 3.48. The van der Waals surface area contributed by atoms with E-state index in [1.54, 1.807) is 6.07 Å². The van der Waals surface area contributed by atoms with Gasteiger partial charge in [-0.3, -0.25) is 4.79 Å². The van der Waals surface area contributed by atoms with Crippen molar-refractivity contribution in [2.24, 2.45) is 5.10 Å². The summed E-state index contributed by atoms with van der Waals surface area (Å²) in [6.07, 6.45) is 0.576. The van der Waals surface area contributed by atoms with Crippen LogP contribution in [-0.2, 0) is 10.0 Å². The van der Waals surface area contributed by atoms with E-state index in [9.17, 15) is 13.2 Å². The van der Waals surface area contributed by atoms with Gasteiger partial charge in [0, 0.05) is 31.6 Å². The average molecular weight is 373 g/mol.